The number of aliphatic hydroxyl groups excluding tert-OH is 1. The van der Waals surface area contributed by atoms with Crippen LogP contribution in [-0.4, -0.2) is 54.6 Å². The Labute approximate surface area is 133 Å². The summed E-state index contributed by atoms with van der Waals surface area (Å²) in [4.78, 5) is 2.24. The van der Waals surface area contributed by atoms with E-state index in [1.165, 1.54) is 0 Å². The molecule has 1 aromatic rings. The summed E-state index contributed by atoms with van der Waals surface area (Å²) in [6.07, 6.45) is 2.55. The molecule has 0 aromatic heterocycles. The highest BCUT2D eigenvalue weighted by molar-refractivity contribution is 5.34. The third kappa shape index (κ3) is 5.13. The van der Waals surface area contributed by atoms with Crippen LogP contribution in [0.1, 0.15) is 19.4 Å². The van der Waals surface area contributed by atoms with Crippen molar-refractivity contribution in [2.75, 3.05) is 26.2 Å². The molecule has 0 spiro atoms. The molecule has 0 amide bonds. The molecule has 1 fully saturated rings. The number of hydrogen-bond acceptors (Lipinski definition) is 4. The number of rotatable bonds is 7. The lowest BCUT2D eigenvalue weighted by molar-refractivity contribution is -0.0786. The molecule has 122 valence electrons. The van der Waals surface area contributed by atoms with Crippen LogP contribution in [-0.2, 0) is 11.2 Å². The molecule has 0 bridgehead atoms. The van der Waals surface area contributed by atoms with Crippen molar-refractivity contribution in [3.63, 3.8) is 0 Å². The number of hydrogen-bond donors (Lipinski definition) is 1. The summed E-state index contributed by atoms with van der Waals surface area (Å²) in [7, 11) is 0. The van der Waals surface area contributed by atoms with Crippen molar-refractivity contribution >= 4 is 0 Å². The average molecular weight is 305 g/mol. The zero-order chi connectivity index (χ0) is 15.9. The maximum Gasteiger partial charge on any atom is 0.122 e. The third-order valence-corrected chi connectivity index (χ3v) is 3.73. The molecule has 1 aromatic carbocycles. The van der Waals surface area contributed by atoms with Gasteiger partial charge in [0.15, 0.2) is 0 Å². The lowest BCUT2D eigenvalue weighted by Gasteiger charge is -2.36. The van der Waals surface area contributed by atoms with Crippen molar-refractivity contribution in [2.24, 2.45) is 0 Å². The van der Waals surface area contributed by atoms with Crippen molar-refractivity contribution < 1.29 is 14.6 Å². The highest BCUT2D eigenvalue weighted by atomic mass is 16.5. The first-order valence-corrected chi connectivity index (χ1v) is 7.96. The van der Waals surface area contributed by atoms with Crippen LogP contribution in [0.4, 0.5) is 0 Å². The average Bonchev–Trinajstić information content (AvgIpc) is 2.45. The summed E-state index contributed by atoms with van der Waals surface area (Å²) >= 11 is 0. The van der Waals surface area contributed by atoms with Gasteiger partial charge in [0, 0.05) is 19.6 Å². The molecule has 1 saturated heterocycles. The first kappa shape index (κ1) is 17.0. The Hall–Kier alpha value is -1.36. The first-order valence-electron chi connectivity index (χ1n) is 7.96. The van der Waals surface area contributed by atoms with Crippen LogP contribution < -0.4 is 4.74 Å². The third-order valence-electron chi connectivity index (χ3n) is 3.73. The van der Waals surface area contributed by atoms with Crippen molar-refractivity contribution in [1.82, 2.24) is 4.90 Å². The van der Waals surface area contributed by atoms with E-state index in [0.29, 0.717) is 13.2 Å². The number of morpholine rings is 1. The monoisotopic (exact) mass is 305 g/mol. The Kier molecular flexibility index (Phi) is 6.43. The predicted octanol–water partition coefficient (Wildman–Crippen LogP) is 2.26. The van der Waals surface area contributed by atoms with E-state index in [1.807, 2.05) is 30.3 Å². The fourth-order valence-electron chi connectivity index (χ4n) is 2.94. The smallest absolute Gasteiger partial charge is 0.122 e. The fourth-order valence-corrected chi connectivity index (χ4v) is 2.94. The van der Waals surface area contributed by atoms with Crippen LogP contribution in [0.3, 0.4) is 0 Å². The minimum Gasteiger partial charge on any atom is -0.491 e. The standard InChI is InChI=1S/C18H27NO3/c1-4-7-16-8-5-6-9-18(16)21-13-17(20)12-19-10-14(2)22-15(3)11-19/h4-6,8-9,14-15,17,20H,1,7,10-13H2,2-3H3. The van der Waals surface area contributed by atoms with Crippen molar-refractivity contribution in [1.29, 1.82) is 0 Å². The van der Waals surface area contributed by atoms with Gasteiger partial charge in [0.1, 0.15) is 18.5 Å². The van der Waals surface area contributed by atoms with Gasteiger partial charge in [-0.3, -0.25) is 4.90 Å². The van der Waals surface area contributed by atoms with E-state index in [9.17, 15) is 5.11 Å². The molecule has 1 aliphatic rings. The van der Waals surface area contributed by atoms with Gasteiger partial charge in [-0.25, -0.2) is 0 Å². The Morgan fingerprint density at radius 3 is 2.73 bits per heavy atom. The minimum atomic E-state index is -0.505. The van der Waals surface area contributed by atoms with Crippen LogP contribution in [0.25, 0.3) is 0 Å². The SMILES string of the molecule is C=CCc1ccccc1OCC(O)CN1CC(C)OC(C)C1. The van der Waals surface area contributed by atoms with E-state index in [0.717, 1.165) is 30.8 Å². The minimum absolute atomic E-state index is 0.213. The molecule has 0 saturated carbocycles. The summed E-state index contributed by atoms with van der Waals surface area (Å²) < 4.78 is 11.5. The molecule has 3 atom stereocenters. The van der Waals surface area contributed by atoms with Crippen LogP contribution in [0.2, 0.25) is 0 Å². The molecule has 1 aliphatic heterocycles. The molecule has 1 N–H and O–H groups in total. The largest absolute Gasteiger partial charge is 0.491 e. The predicted molar refractivity (Wildman–Crippen MR) is 88.3 cm³/mol. The Balaban J connectivity index is 1.82. The van der Waals surface area contributed by atoms with Gasteiger partial charge in [0.2, 0.25) is 0 Å². The lowest BCUT2D eigenvalue weighted by atomic mass is 10.1. The number of aliphatic hydroxyl groups is 1. The van der Waals surface area contributed by atoms with Crippen LogP contribution >= 0.6 is 0 Å². The van der Waals surface area contributed by atoms with E-state index in [-0.39, 0.29) is 12.2 Å². The van der Waals surface area contributed by atoms with Crippen LogP contribution in [0, 0.1) is 0 Å². The van der Waals surface area contributed by atoms with E-state index in [1.54, 1.807) is 0 Å². The number of β-amino-alcohol motifs (C(OH)–C–C–N with tert-alkyl or cyclic N) is 1. The summed E-state index contributed by atoms with van der Waals surface area (Å²) in [5.41, 5.74) is 1.10. The second kappa shape index (κ2) is 8.32. The Bertz CT molecular complexity index is 467. The number of para-hydroxylation sites is 1. The summed E-state index contributed by atoms with van der Waals surface area (Å²) in [5.74, 6) is 0.824. The number of allylic oxidation sites excluding steroid dienone is 1. The van der Waals surface area contributed by atoms with Crippen molar-refractivity contribution in [2.45, 2.75) is 38.6 Å². The number of nitrogens with zero attached hydrogens (tertiary/aromatic N) is 1. The molecule has 22 heavy (non-hydrogen) atoms. The van der Waals surface area contributed by atoms with Gasteiger partial charge < -0.3 is 14.6 Å². The molecule has 4 nitrogen and oxygen atoms in total. The normalized spacial score (nSPS) is 24.0. The van der Waals surface area contributed by atoms with E-state index in [2.05, 4.69) is 25.3 Å². The molecule has 4 heteroatoms. The lowest BCUT2D eigenvalue weighted by Crippen LogP contribution is -2.48. The van der Waals surface area contributed by atoms with Gasteiger partial charge in [0.25, 0.3) is 0 Å². The van der Waals surface area contributed by atoms with Crippen molar-refractivity contribution in [3.8, 4) is 5.75 Å². The molecule has 3 unspecified atom stereocenters. The second-order valence-electron chi connectivity index (χ2n) is 6.04. The highest BCUT2D eigenvalue weighted by Crippen LogP contribution is 2.19. The van der Waals surface area contributed by atoms with Crippen molar-refractivity contribution in [3.05, 3.63) is 42.5 Å². The molecule has 2 rings (SSSR count). The summed E-state index contributed by atoms with van der Waals surface area (Å²) in [6, 6.07) is 7.89. The summed E-state index contributed by atoms with van der Waals surface area (Å²) in [6.45, 7) is 10.5. The van der Waals surface area contributed by atoms with Gasteiger partial charge in [-0.1, -0.05) is 24.3 Å². The van der Waals surface area contributed by atoms with E-state index < -0.39 is 6.10 Å². The first-order chi connectivity index (χ1) is 10.6. The van der Waals surface area contributed by atoms with Gasteiger partial charge in [0.05, 0.1) is 12.2 Å². The molecule has 0 radical (unpaired) electrons. The Morgan fingerprint density at radius 1 is 1.36 bits per heavy atom. The molecule has 1 heterocycles. The molecular formula is C18H27NO3. The van der Waals surface area contributed by atoms with Gasteiger partial charge in [-0.2, -0.15) is 0 Å². The van der Waals surface area contributed by atoms with Gasteiger partial charge in [-0.15, -0.1) is 6.58 Å². The number of benzene rings is 1. The number of ether oxygens (including phenoxy) is 2. The molecule has 0 aliphatic carbocycles. The van der Waals surface area contributed by atoms with Gasteiger partial charge in [-0.05, 0) is 31.9 Å². The zero-order valence-corrected chi connectivity index (χ0v) is 13.6. The second-order valence-corrected chi connectivity index (χ2v) is 6.04. The quantitative estimate of drug-likeness (QED) is 0.785. The summed E-state index contributed by atoms with van der Waals surface area (Å²) in [5, 5.41) is 10.2. The van der Waals surface area contributed by atoms with E-state index in [4.69, 9.17) is 9.47 Å². The van der Waals surface area contributed by atoms with Crippen LogP contribution in [0.5, 0.6) is 5.75 Å². The van der Waals surface area contributed by atoms with Crippen LogP contribution in [0.15, 0.2) is 36.9 Å². The van der Waals surface area contributed by atoms with E-state index >= 15 is 0 Å². The zero-order valence-electron chi connectivity index (χ0n) is 13.6. The molecular weight excluding hydrogens is 278 g/mol. The highest BCUT2D eigenvalue weighted by Gasteiger charge is 2.24. The maximum atomic E-state index is 10.2. The maximum absolute atomic E-state index is 10.2. The fraction of sp³-hybridized carbons (Fsp3) is 0.556. The Morgan fingerprint density at radius 2 is 2.05 bits per heavy atom. The topological polar surface area (TPSA) is 41.9 Å². The van der Waals surface area contributed by atoms with Gasteiger partial charge >= 0.3 is 0 Å².